The zero-order valence-electron chi connectivity index (χ0n) is 8.94. The maximum atomic E-state index is 5.62. The normalized spacial score (nSPS) is 10.5. The lowest BCUT2D eigenvalue weighted by molar-refractivity contribution is 0.781. The van der Waals surface area contributed by atoms with Gasteiger partial charge >= 0.3 is 0 Å². The Labute approximate surface area is 88.8 Å². The van der Waals surface area contributed by atoms with Gasteiger partial charge < -0.3 is 5.73 Å². The highest BCUT2D eigenvalue weighted by atomic mass is 15.4. The van der Waals surface area contributed by atoms with E-state index in [0.717, 1.165) is 12.0 Å². The molecule has 0 spiro atoms. The SMILES string of the molecule is CCc1ccc(-c2nc(N)n(C)n2)cc1. The average Bonchev–Trinajstić information content (AvgIpc) is 2.59. The van der Waals surface area contributed by atoms with Crippen LogP contribution < -0.4 is 5.73 Å². The molecule has 2 N–H and O–H groups in total. The van der Waals surface area contributed by atoms with Crippen LogP contribution in [0.3, 0.4) is 0 Å². The van der Waals surface area contributed by atoms with Crippen LogP contribution in [0, 0.1) is 0 Å². The monoisotopic (exact) mass is 202 g/mol. The van der Waals surface area contributed by atoms with Crippen molar-refractivity contribution in [2.45, 2.75) is 13.3 Å². The van der Waals surface area contributed by atoms with Crippen LogP contribution in [-0.2, 0) is 13.5 Å². The highest BCUT2D eigenvalue weighted by Crippen LogP contribution is 2.16. The summed E-state index contributed by atoms with van der Waals surface area (Å²) >= 11 is 0. The first kappa shape index (κ1) is 9.71. The molecule has 2 aromatic rings. The van der Waals surface area contributed by atoms with E-state index in [1.807, 2.05) is 12.1 Å². The highest BCUT2D eigenvalue weighted by molar-refractivity contribution is 5.56. The van der Waals surface area contributed by atoms with Gasteiger partial charge in [0.15, 0.2) is 5.82 Å². The summed E-state index contributed by atoms with van der Waals surface area (Å²) in [6.45, 7) is 2.13. The molecule has 1 aromatic carbocycles. The molecule has 0 aliphatic rings. The minimum absolute atomic E-state index is 0.435. The Bertz CT molecular complexity index is 436. The van der Waals surface area contributed by atoms with Gasteiger partial charge in [-0.3, -0.25) is 0 Å². The fourth-order valence-corrected chi connectivity index (χ4v) is 1.41. The Morgan fingerprint density at radius 1 is 1.27 bits per heavy atom. The van der Waals surface area contributed by atoms with Crippen LogP contribution in [-0.4, -0.2) is 14.8 Å². The smallest absolute Gasteiger partial charge is 0.218 e. The van der Waals surface area contributed by atoms with Gasteiger partial charge in [-0.15, -0.1) is 5.10 Å². The predicted molar refractivity (Wildman–Crippen MR) is 60.2 cm³/mol. The van der Waals surface area contributed by atoms with Crippen LogP contribution in [0.5, 0.6) is 0 Å². The molecule has 0 atom stereocenters. The summed E-state index contributed by atoms with van der Waals surface area (Å²) in [6, 6.07) is 8.21. The van der Waals surface area contributed by atoms with Crippen molar-refractivity contribution in [2.24, 2.45) is 7.05 Å². The summed E-state index contributed by atoms with van der Waals surface area (Å²) in [6.07, 6.45) is 1.04. The molecule has 0 amide bonds. The van der Waals surface area contributed by atoms with Gasteiger partial charge in [-0.25, -0.2) is 4.68 Å². The molecule has 2 rings (SSSR count). The number of rotatable bonds is 2. The number of benzene rings is 1. The zero-order chi connectivity index (χ0) is 10.8. The molecule has 15 heavy (non-hydrogen) atoms. The highest BCUT2D eigenvalue weighted by Gasteiger charge is 2.05. The Morgan fingerprint density at radius 3 is 2.40 bits per heavy atom. The molecule has 4 heteroatoms. The second kappa shape index (κ2) is 3.73. The second-order valence-corrected chi connectivity index (χ2v) is 3.47. The largest absolute Gasteiger partial charge is 0.368 e. The number of nitrogen functional groups attached to an aromatic ring is 1. The summed E-state index contributed by atoms with van der Waals surface area (Å²) in [5.41, 5.74) is 7.93. The van der Waals surface area contributed by atoms with Gasteiger partial charge in [0.25, 0.3) is 0 Å². The standard InChI is InChI=1S/C11H14N4/c1-3-8-4-6-9(7-5-8)10-13-11(12)15(2)14-10/h4-7H,3H2,1-2H3,(H2,12,13,14). The van der Waals surface area contributed by atoms with Crippen molar-refractivity contribution < 1.29 is 0 Å². The molecule has 4 nitrogen and oxygen atoms in total. The molecule has 0 saturated carbocycles. The first-order chi connectivity index (χ1) is 7.20. The molecule has 0 aliphatic heterocycles. The lowest BCUT2D eigenvalue weighted by atomic mass is 10.1. The summed E-state index contributed by atoms with van der Waals surface area (Å²) < 4.78 is 1.57. The second-order valence-electron chi connectivity index (χ2n) is 3.47. The van der Waals surface area contributed by atoms with Crippen molar-refractivity contribution in [3.8, 4) is 11.4 Å². The topological polar surface area (TPSA) is 56.7 Å². The van der Waals surface area contributed by atoms with E-state index in [-0.39, 0.29) is 0 Å². The molecule has 0 radical (unpaired) electrons. The lowest BCUT2D eigenvalue weighted by Crippen LogP contribution is -1.97. The quantitative estimate of drug-likeness (QED) is 0.805. The van der Waals surface area contributed by atoms with Crippen molar-refractivity contribution in [3.05, 3.63) is 29.8 Å². The lowest BCUT2D eigenvalue weighted by Gasteiger charge is -1.97. The summed E-state index contributed by atoms with van der Waals surface area (Å²) in [7, 11) is 1.78. The first-order valence-electron chi connectivity index (χ1n) is 4.96. The van der Waals surface area contributed by atoms with E-state index >= 15 is 0 Å². The van der Waals surface area contributed by atoms with E-state index < -0.39 is 0 Å². The van der Waals surface area contributed by atoms with Crippen molar-refractivity contribution in [1.29, 1.82) is 0 Å². The van der Waals surface area contributed by atoms with Crippen molar-refractivity contribution in [3.63, 3.8) is 0 Å². The number of nitrogens with zero attached hydrogens (tertiary/aromatic N) is 3. The Hall–Kier alpha value is -1.84. The summed E-state index contributed by atoms with van der Waals surface area (Å²) in [4.78, 5) is 4.17. The molecule has 0 bridgehead atoms. The summed E-state index contributed by atoms with van der Waals surface area (Å²) in [5, 5.41) is 4.22. The van der Waals surface area contributed by atoms with E-state index in [1.54, 1.807) is 11.7 Å². The van der Waals surface area contributed by atoms with Gasteiger partial charge in [0.1, 0.15) is 0 Å². The van der Waals surface area contributed by atoms with Gasteiger partial charge in [-0.05, 0) is 12.0 Å². The van der Waals surface area contributed by atoms with E-state index in [0.29, 0.717) is 11.8 Å². The van der Waals surface area contributed by atoms with E-state index in [2.05, 4.69) is 29.1 Å². The Balaban J connectivity index is 2.37. The number of aryl methyl sites for hydroxylation is 2. The molecule has 0 unspecified atom stereocenters. The Morgan fingerprint density at radius 2 is 1.93 bits per heavy atom. The number of hydrogen-bond donors (Lipinski definition) is 1. The van der Waals surface area contributed by atoms with E-state index in [9.17, 15) is 0 Å². The Kier molecular flexibility index (Phi) is 2.41. The third-order valence-corrected chi connectivity index (χ3v) is 2.42. The minimum atomic E-state index is 0.435. The fourth-order valence-electron chi connectivity index (χ4n) is 1.41. The zero-order valence-corrected chi connectivity index (χ0v) is 8.94. The molecular weight excluding hydrogens is 188 g/mol. The maximum absolute atomic E-state index is 5.62. The maximum Gasteiger partial charge on any atom is 0.218 e. The average molecular weight is 202 g/mol. The molecule has 0 aliphatic carbocycles. The molecule has 0 saturated heterocycles. The van der Waals surface area contributed by atoms with Crippen molar-refractivity contribution >= 4 is 5.95 Å². The third kappa shape index (κ3) is 1.83. The number of aromatic nitrogens is 3. The van der Waals surface area contributed by atoms with Gasteiger partial charge in [-0.2, -0.15) is 4.98 Å². The molecule has 1 heterocycles. The predicted octanol–water partition coefficient (Wildman–Crippen LogP) is 1.63. The fraction of sp³-hybridized carbons (Fsp3) is 0.273. The minimum Gasteiger partial charge on any atom is -0.368 e. The van der Waals surface area contributed by atoms with Gasteiger partial charge in [0.2, 0.25) is 5.95 Å². The molecule has 0 fully saturated rings. The van der Waals surface area contributed by atoms with Crippen molar-refractivity contribution in [2.75, 3.05) is 5.73 Å². The number of anilines is 1. The van der Waals surface area contributed by atoms with Gasteiger partial charge in [-0.1, -0.05) is 31.2 Å². The van der Waals surface area contributed by atoms with Crippen LogP contribution >= 0.6 is 0 Å². The molecule has 78 valence electrons. The number of hydrogen-bond acceptors (Lipinski definition) is 3. The van der Waals surface area contributed by atoms with Crippen LogP contribution in [0.1, 0.15) is 12.5 Å². The molecular formula is C11H14N4. The van der Waals surface area contributed by atoms with Crippen molar-refractivity contribution in [1.82, 2.24) is 14.8 Å². The van der Waals surface area contributed by atoms with E-state index in [4.69, 9.17) is 5.73 Å². The van der Waals surface area contributed by atoms with Crippen LogP contribution in [0.25, 0.3) is 11.4 Å². The third-order valence-electron chi connectivity index (χ3n) is 2.42. The van der Waals surface area contributed by atoms with Gasteiger partial charge in [0, 0.05) is 12.6 Å². The van der Waals surface area contributed by atoms with E-state index in [1.165, 1.54) is 5.56 Å². The summed E-state index contributed by atoms with van der Waals surface area (Å²) in [5.74, 6) is 1.11. The number of nitrogens with two attached hydrogens (primary N) is 1. The van der Waals surface area contributed by atoms with Gasteiger partial charge in [0.05, 0.1) is 0 Å². The van der Waals surface area contributed by atoms with Crippen LogP contribution in [0.2, 0.25) is 0 Å². The van der Waals surface area contributed by atoms with Crippen LogP contribution in [0.15, 0.2) is 24.3 Å². The first-order valence-corrected chi connectivity index (χ1v) is 4.96. The van der Waals surface area contributed by atoms with Crippen LogP contribution in [0.4, 0.5) is 5.95 Å². The molecule has 1 aromatic heterocycles.